The van der Waals surface area contributed by atoms with E-state index in [1.807, 2.05) is 36.4 Å². The van der Waals surface area contributed by atoms with E-state index in [1.54, 1.807) is 10.8 Å². The third-order valence-corrected chi connectivity index (χ3v) is 4.90. The van der Waals surface area contributed by atoms with Crippen LogP contribution in [0.1, 0.15) is 12.8 Å². The van der Waals surface area contributed by atoms with E-state index in [9.17, 15) is 4.79 Å². The molecule has 1 atom stereocenters. The summed E-state index contributed by atoms with van der Waals surface area (Å²) in [5.41, 5.74) is 1.53. The average Bonchev–Trinajstić information content (AvgIpc) is 3.11. The number of carbonyl (C=O) groups excluding carboxylic acids is 1. The maximum absolute atomic E-state index is 12.6. The van der Waals surface area contributed by atoms with Crippen molar-refractivity contribution in [3.05, 3.63) is 47.2 Å². The fraction of sp³-hybridized carbons (Fsp3) is 0.294. The molecular weight excluding hydrogens is 384 g/mol. The lowest BCUT2D eigenvalue weighted by Crippen LogP contribution is -2.41. The van der Waals surface area contributed by atoms with Crippen LogP contribution in [-0.4, -0.2) is 38.8 Å². The van der Waals surface area contributed by atoms with Crippen molar-refractivity contribution in [2.45, 2.75) is 12.8 Å². The first kappa shape index (κ1) is 16.0. The fourth-order valence-corrected chi connectivity index (χ4v) is 3.33. The Kier molecular flexibility index (Phi) is 4.35. The van der Waals surface area contributed by atoms with E-state index in [-0.39, 0.29) is 11.8 Å². The van der Waals surface area contributed by atoms with Crippen LogP contribution in [0.15, 0.2) is 47.2 Å². The quantitative estimate of drug-likeness (QED) is 0.731. The molecule has 0 aliphatic carbocycles. The molecule has 1 fully saturated rings. The van der Waals surface area contributed by atoms with Crippen LogP contribution in [0.25, 0.3) is 5.65 Å². The van der Waals surface area contributed by atoms with Gasteiger partial charge in [-0.05, 0) is 49.2 Å². The van der Waals surface area contributed by atoms with Crippen LogP contribution < -0.4 is 10.2 Å². The topological polar surface area (TPSA) is 75.4 Å². The number of nitrogens with zero attached hydrogens (tertiary/aromatic N) is 5. The molecule has 128 valence electrons. The number of benzene rings is 1. The van der Waals surface area contributed by atoms with Gasteiger partial charge in [0, 0.05) is 23.2 Å². The number of amides is 1. The molecule has 25 heavy (non-hydrogen) atoms. The Bertz CT molecular complexity index is 894. The van der Waals surface area contributed by atoms with Gasteiger partial charge in [0.1, 0.15) is 12.1 Å². The molecule has 3 aromatic rings. The van der Waals surface area contributed by atoms with Crippen LogP contribution in [0.3, 0.4) is 0 Å². The highest BCUT2D eigenvalue weighted by atomic mass is 79.9. The highest BCUT2D eigenvalue weighted by Crippen LogP contribution is 2.23. The highest BCUT2D eigenvalue weighted by molar-refractivity contribution is 9.10. The zero-order valence-corrected chi connectivity index (χ0v) is 15.1. The number of nitrogens with one attached hydrogen (secondary N) is 1. The lowest BCUT2D eigenvalue weighted by atomic mass is 9.97. The number of halogens is 1. The molecule has 1 aliphatic rings. The Morgan fingerprint density at radius 3 is 2.88 bits per heavy atom. The molecule has 1 aliphatic heterocycles. The summed E-state index contributed by atoms with van der Waals surface area (Å²) in [6, 6.07) is 11.4. The molecule has 8 heteroatoms. The van der Waals surface area contributed by atoms with E-state index in [4.69, 9.17) is 0 Å². The summed E-state index contributed by atoms with van der Waals surface area (Å²) in [6.07, 6.45) is 3.43. The minimum atomic E-state index is -0.0594. The van der Waals surface area contributed by atoms with E-state index in [0.717, 1.165) is 35.4 Å². The van der Waals surface area contributed by atoms with Crippen molar-refractivity contribution in [3.8, 4) is 0 Å². The smallest absolute Gasteiger partial charge is 0.229 e. The zero-order valence-electron chi connectivity index (χ0n) is 13.5. The Hall–Kier alpha value is -2.48. The van der Waals surface area contributed by atoms with Gasteiger partial charge in [0.25, 0.3) is 0 Å². The number of hydrogen-bond donors (Lipinski definition) is 1. The second-order valence-corrected chi connectivity index (χ2v) is 7.02. The summed E-state index contributed by atoms with van der Waals surface area (Å²) in [4.78, 5) is 14.8. The van der Waals surface area contributed by atoms with Crippen molar-refractivity contribution in [3.63, 3.8) is 0 Å². The van der Waals surface area contributed by atoms with E-state index in [0.29, 0.717) is 12.2 Å². The average molecular weight is 401 g/mol. The number of aromatic nitrogens is 4. The SMILES string of the molecule is O=C(Nc1ccc(Br)cc1)[C@@H]1CCCN(c2ccc3nncn3n2)C1. The number of rotatable bonds is 3. The Morgan fingerprint density at radius 2 is 2.04 bits per heavy atom. The number of fused-ring (bicyclic) bond motifs is 1. The number of piperidine rings is 1. The summed E-state index contributed by atoms with van der Waals surface area (Å²) in [6.45, 7) is 1.55. The van der Waals surface area contributed by atoms with Gasteiger partial charge < -0.3 is 10.2 Å². The first-order valence-electron chi connectivity index (χ1n) is 8.17. The molecule has 0 radical (unpaired) electrons. The normalized spacial score (nSPS) is 17.6. The first-order chi connectivity index (χ1) is 12.2. The molecular formula is C17H17BrN6O. The molecule has 1 amide bonds. The van der Waals surface area contributed by atoms with Crippen LogP contribution >= 0.6 is 15.9 Å². The number of hydrogen-bond acceptors (Lipinski definition) is 5. The maximum Gasteiger partial charge on any atom is 0.229 e. The van der Waals surface area contributed by atoms with Gasteiger partial charge in [-0.25, -0.2) is 0 Å². The first-order valence-corrected chi connectivity index (χ1v) is 8.97. The van der Waals surface area contributed by atoms with E-state index < -0.39 is 0 Å². The number of anilines is 2. The monoisotopic (exact) mass is 400 g/mol. The van der Waals surface area contributed by atoms with Gasteiger partial charge in [0.2, 0.25) is 5.91 Å². The molecule has 1 aromatic carbocycles. The lowest BCUT2D eigenvalue weighted by molar-refractivity contribution is -0.120. The predicted molar refractivity (Wildman–Crippen MR) is 98.5 cm³/mol. The van der Waals surface area contributed by atoms with Crippen molar-refractivity contribution in [2.24, 2.45) is 5.92 Å². The van der Waals surface area contributed by atoms with Crippen molar-refractivity contribution in [1.82, 2.24) is 19.8 Å². The van der Waals surface area contributed by atoms with Crippen LogP contribution in [-0.2, 0) is 4.79 Å². The third-order valence-electron chi connectivity index (χ3n) is 4.38. The van der Waals surface area contributed by atoms with Crippen molar-refractivity contribution in [2.75, 3.05) is 23.3 Å². The fourth-order valence-electron chi connectivity index (χ4n) is 3.06. The zero-order chi connectivity index (χ0) is 17.2. The summed E-state index contributed by atoms with van der Waals surface area (Å²) in [5, 5.41) is 15.3. The van der Waals surface area contributed by atoms with Crippen molar-refractivity contribution >= 4 is 39.0 Å². The third kappa shape index (κ3) is 3.48. The van der Waals surface area contributed by atoms with Gasteiger partial charge >= 0.3 is 0 Å². The van der Waals surface area contributed by atoms with Gasteiger partial charge in [0.05, 0.1) is 5.92 Å². The minimum Gasteiger partial charge on any atom is -0.354 e. The van der Waals surface area contributed by atoms with E-state index in [2.05, 4.69) is 41.4 Å². The summed E-state index contributed by atoms with van der Waals surface area (Å²) in [7, 11) is 0. The standard InChI is InChI=1S/C17H17BrN6O/c18-13-3-5-14(6-4-13)20-17(25)12-2-1-9-23(10-12)16-8-7-15-21-19-11-24(15)22-16/h3-8,11-12H,1-2,9-10H2,(H,20,25)/t12-/m1/s1. The van der Waals surface area contributed by atoms with Gasteiger partial charge in [-0.1, -0.05) is 15.9 Å². The molecule has 4 rings (SSSR count). The molecule has 1 saturated heterocycles. The maximum atomic E-state index is 12.6. The van der Waals surface area contributed by atoms with Crippen LogP contribution in [0.4, 0.5) is 11.5 Å². The Labute approximate surface area is 153 Å². The van der Waals surface area contributed by atoms with Gasteiger partial charge in [-0.2, -0.15) is 4.52 Å². The number of carbonyl (C=O) groups is 1. The largest absolute Gasteiger partial charge is 0.354 e. The van der Waals surface area contributed by atoms with E-state index in [1.165, 1.54) is 0 Å². The predicted octanol–water partition coefficient (Wildman–Crippen LogP) is 2.74. The second-order valence-electron chi connectivity index (χ2n) is 6.11. The van der Waals surface area contributed by atoms with Gasteiger partial charge in [-0.15, -0.1) is 15.3 Å². The molecule has 3 heterocycles. The Balaban J connectivity index is 1.46. The molecule has 0 unspecified atom stereocenters. The second kappa shape index (κ2) is 6.79. The van der Waals surface area contributed by atoms with Crippen molar-refractivity contribution < 1.29 is 4.79 Å². The summed E-state index contributed by atoms with van der Waals surface area (Å²) in [5.74, 6) is 0.835. The lowest BCUT2D eigenvalue weighted by Gasteiger charge is -2.32. The van der Waals surface area contributed by atoms with Crippen LogP contribution in [0.5, 0.6) is 0 Å². The highest BCUT2D eigenvalue weighted by Gasteiger charge is 2.26. The molecule has 0 spiro atoms. The van der Waals surface area contributed by atoms with Crippen LogP contribution in [0.2, 0.25) is 0 Å². The van der Waals surface area contributed by atoms with Gasteiger partial charge in [-0.3, -0.25) is 4.79 Å². The van der Waals surface area contributed by atoms with Crippen LogP contribution in [0, 0.1) is 5.92 Å². The van der Waals surface area contributed by atoms with Gasteiger partial charge in [0.15, 0.2) is 5.65 Å². The molecule has 7 nitrogen and oxygen atoms in total. The molecule has 0 bridgehead atoms. The summed E-state index contributed by atoms with van der Waals surface area (Å²) < 4.78 is 2.64. The summed E-state index contributed by atoms with van der Waals surface area (Å²) >= 11 is 3.40. The molecule has 0 saturated carbocycles. The Morgan fingerprint density at radius 1 is 1.20 bits per heavy atom. The molecule has 1 N–H and O–H groups in total. The van der Waals surface area contributed by atoms with E-state index >= 15 is 0 Å². The van der Waals surface area contributed by atoms with Crippen molar-refractivity contribution in [1.29, 1.82) is 0 Å². The minimum absolute atomic E-state index is 0.0531. The molecule has 2 aromatic heterocycles.